The summed E-state index contributed by atoms with van der Waals surface area (Å²) < 4.78 is 0. The molecule has 224 valence electrons. The summed E-state index contributed by atoms with van der Waals surface area (Å²) >= 11 is 0. The number of aromatic nitrogens is 4. The van der Waals surface area contributed by atoms with E-state index in [1.807, 2.05) is 60.8 Å². The Morgan fingerprint density at radius 1 is 0.354 bits per heavy atom. The molecular formula is C44H28N4. The van der Waals surface area contributed by atoms with Crippen molar-refractivity contribution in [2.45, 2.75) is 0 Å². The van der Waals surface area contributed by atoms with Crippen LogP contribution in [0, 0.1) is 0 Å². The van der Waals surface area contributed by atoms with Crippen LogP contribution in [0.2, 0.25) is 0 Å². The first kappa shape index (κ1) is 27.8. The molecule has 0 unspecified atom stereocenters. The zero-order chi connectivity index (χ0) is 31.9. The lowest BCUT2D eigenvalue weighted by molar-refractivity contribution is 1.16. The van der Waals surface area contributed by atoms with Crippen LogP contribution in [0.3, 0.4) is 0 Å². The van der Waals surface area contributed by atoms with Crippen LogP contribution in [0.15, 0.2) is 170 Å². The van der Waals surface area contributed by atoms with Gasteiger partial charge in [-0.1, -0.05) is 140 Å². The van der Waals surface area contributed by atoms with Gasteiger partial charge in [0.15, 0.2) is 5.82 Å². The molecule has 48 heavy (non-hydrogen) atoms. The van der Waals surface area contributed by atoms with Gasteiger partial charge in [-0.3, -0.25) is 4.98 Å². The van der Waals surface area contributed by atoms with E-state index in [-0.39, 0.29) is 0 Å². The molecule has 4 heteroatoms. The summed E-state index contributed by atoms with van der Waals surface area (Å²) in [7, 11) is 0. The fourth-order valence-corrected chi connectivity index (χ4v) is 6.53. The molecule has 0 fully saturated rings. The molecule has 0 saturated carbocycles. The second-order valence-electron chi connectivity index (χ2n) is 11.9. The molecule has 0 bridgehead atoms. The standard InChI is InChI=1S/C44H28N4/c1-3-11-29(12-4-1)30-19-21-32(22-20-30)40-27-41(48-44(47-40)33-14-5-2-6-15-33)39-26-24-34(28-45-39)43-37-25-23-31-13-7-8-16-35(31)42(37)36-17-9-10-18-38(36)46-43/h1-28H. The Morgan fingerprint density at radius 3 is 1.75 bits per heavy atom. The number of benzene rings is 6. The number of pyridine rings is 2. The van der Waals surface area contributed by atoms with Crippen LogP contribution < -0.4 is 0 Å². The summed E-state index contributed by atoms with van der Waals surface area (Å²) in [6.07, 6.45) is 1.92. The highest BCUT2D eigenvalue weighted by atomic mass is 14.9. The van der Waals surface area contributed by atoms with Gasteiger partial charge in [-0.15, -0.1) is 0 Å². The van der Waals surface area contributed by atoms with Gasteiger partial charge in [-0.2, -0.15) is 0 Å². The number of hydrogen-bond acceptors (Lipinski definition) is 4. The van der Waals surface area contributed by atoms with Gasteiger partial charge in [0.2, 0.25) is 0 Å². The largest absolute Gasteiger partial charge is 0.254 e. The average molecular weight is 613 g/mol. The van der Waals surface area contributed by atoms with E-state index in [1.54, 1.807) is 0 Å². The first-order valence-corrected chi connectivity index (χ1v) is 16.1. The Balaban J connectivity index is 1.15. The highest BCUT2D eigenvalue weighted by Gasteiger charge is 2.15. The molecule has 0 saturated heterocycles. The number of para-hydroxylation sites is 1. The Hall–Kier alpha value is -6.52. The molecule has 0 aliphatic rings. The highest BCUT2D eigenvalue weighted by Crippen LogP contribution is 2.37. The van der Waals surface area contributed by atoms with Gasteiger partial charge >= 0.3 is 0 Å². The van der Waals surface area contributed by atoms with Crippen molar-refractivity contribution in [3.63, 3.8) is 0 Å². The van der Waals surface area contributed by atoms with Gasteiger partial charge in [0.05, 0.1) is 28.3 Å². The lowest BCUT2D eigenvalue weighted by Crippen LogP contribution is -1.97. The predicted molar refractivity (Wildman–Crippen MR) is 197 cm³/mol. The molecule has 0 spiro atoms. The predicted octanol–water partition coefficient (Wildman–Crippen LogP) is 11.1. The molecule has 9 rings (SSSR count). The van der Waals surface area contributed by atoms with Crippen molar-refractivity contribution in [3.05, 3.63) is 170 Å². The summed E-state index contributed by atoms with van der Waals surface area (Å²) in [6.45, 7) is 0. The molecule has 3 heterocycles. The van der Waals surface area contributed by atoms with E-state index in [2.05, 4.69) is 109 Å². The van der Waals surface area contributed by atoms with E-state index in [9.17, 15) is 0 Å². The SMILES string of the molecule is c1ccc(-c2ccc(-c3cc(-c4ccc(-c5nc6ccccc6c6c5ccc5ccccc56)cn4)nc(-c4ccccc4)n3)cc2)cc1. The molecule has 0 aliphatic carbocycles. The first-order valence-electron chi connectivity index (χ1n) is 16.1. The van der Waals surface area contributed by atoms with Crippen LogP contribution in [-0.4, -0.2) is 19.9 Å². The molecule has 6 aromatic carbocycles. The van der Waals surface area contributed by atoms with Gasteiger partial charge in [0, 0.05) is 39.0 Å². The molecule has 0 atom stereocenters. The van der Waals surface area contributed by atoms with Gasteiger partial charge in [-0.05, 0) is 46.2 Å². The number of rotatable bonds is 5. The van der Waals surface area contributed by atoms with E-state index in [0.29, 0.717) is 5.82 Å². The summed E-state index contributed by atoms with van der Waals surface area (Å²) in [5.74, 6) is 0.662. The summed E-state index contributed by atoms with van der Waals surface area (Å²) in [5, 5.41) is 5.90. The lowest BCUT2D eigenvalue weighted by Gasteiger charge is -2.13. The second-order valence-corrected chi connectivity index (χ2v) is 11.9. The van der Waals surface area contributed by atoms with Crippen LogP contribution in [-0.2, 0) is 0 Å². The van der Waals surface area contributed by atoms with Crippen LogP contribution in [0.25, 0.3) is 88.9 Å². The first-order chi connectivity index (χ1) is 23.8. The average Bonchev–Trinajstić information content (AvgIpc) is 3.18. The molecule has 0 aliphatic heterocycles. The van der Waals surface area contributed by atoms with E-state index in [1.165, 1.54) is 21.7 Å². The quantitative estimate of drug-likeness (QED) is 0.181. The van der Waals surface area contributed by atoms with Crippen LogP contribution in [0.5, 0.6) is 0 Å². The molecular weight excluding hydrogens is 585 g/mol. The lowest BCUT2D eigenvalue weighted by atomic mass is 9.95. The van der Waals surface area contributed by atoms with Crippen molar-refractivity contribution in [1.29, 1.82) is 0 Å². The smallest absolute Gasteiger partial charge is 0.160 e. The normalized spacial score (nSPS) is 11.3. The summed E-state index contributed by atoms with van der Waals surface area (Å²) in [4.78, 5) is 20.1. The number of fused-ring (bicyclic) bond motifs is 5. The molecule has 9 aromatic rings. The summed E-state index contributed by atoms with van der Waals surface area (Å²) in [6, 6.07) is 56.5. The molecule has 3 aromatic heterocycles. The van der Waals surface area contributed by atoms with Crippen molar-refractivity contribution >= 4 is 32.4 Å². The minimum atomic E-state index is 0.662. The van der Waals surface area contributed by atoms with E-state index < -0.39 is 0 Å². The van der Waals surface area contributed by atoms with Crippen molar-refractivity contribution in [1.82, 2.24) is 19.9 Å². The Labute approximate surface area is 278 Å². The second kappa shape index (κ2) is 11.7. The minimum Gasteiger partial charge on any atom is -0.254 e. The maximum absolute atomic E-state index is 5.15. The van der Waals surface area contributed by atoms with Crippen molar-refractivity contribution in [3.8, 4) is 56.4 Å². The zero-order valence-corrected chi connectivity index (χ0v) is 26.0. The third-order valence-corrected chi connectivity index (χ3v) is 8.94. The number of hydrogen-bond donors (Lipinski definition) is 0. The Kier molecular flexibility index (Phi) is 6.76. The molecule has 0 radical (unpaired) electrons. The van der Waals surface area contributed by atoms with E-state index in [0.717, 1.165) is 61.3 Å². The van der Waals surface area contributed by atoms with Crippen LogP contribution in [0.1, 0.15) is 0 Å². The highest BCUT2D eigenvalue weighted by molar-refractivity contribution is 6.22. The van der Waals surface area contributed by atoms with Crippen LogP contribution >= 0.6 is 0 Å². The zero-order valence-electron chi connectivity index (χ0n) is 26.0. The third-order valence-electron chi connectivity index (χ3n) is 8.94. The van der Waals surface area contributed by atoms with Crippen molar-refractivity contribution in [2.24, 2.45) is 0 Å². The van der Waals surface area contributed by atoms with Gasteiger partial charge < -0.3 is 0 Å². The monoisotopic (exact) mass is 612 g/mol. The number of nitrogens with zero attached hydrogens (tertiary/aromatic N) is 4. The van der Waals surface area contributed by atoms with Gasteiger partial charge in [0.1, 0.15) is 0 Å². The van der Waals surface area contributed by atoms with Crippen molar-refractivity contribution < 1.29 is 0 Å². The topological polar surface area (TPSA) is 51.6 Å². The van der Waals surface area contributed by atoms with Crippen molar-refractivity contribution in [2.75, 3.05) is 0 Å². The van der Waals surface area contributed by atoms with E-state index in [4.69, 9.17) is 19.9 Å². The molecule has 0 N–H and O–H groups in total. The Bertz CT molecular complexity index is 2560. The summed E-state index contributed by atoms with van der Waals surface area (Å²) in [5.41, 5.74) is 9.55. The maximum atomic E-state index is 5.15. The fraction of sp³-hybridized carbons (Fsp3) is 0. The fourth-order valence-electron chi connectivity index (χ4n) is 6.53. The molecule has 0 amide bonds. The minimum absolute atomic E-state index is 0.662. The van der Waals surface area contributed by atoms with Gasteiger partial charge in [-0.25, -0.2) is 15.0 Å². The van der Waals surface area contributed by atoms with Crippen LogP contribution in [0.4, 0.5) is 0 Å². The third kappa shape index (κ3) is 4.97. The van der Waals surface area contributed by atoms with Gasteiger partial charge in [0.25, 0.3) is 0 Å². The maximum Gasteiger partial charge on any atom is 0.160 e. The molecule has 4 nitrogen and oxygen atoms in total. The Morgan fingerprint density at radius 2 is 0.979 bits per heavy atom. The van der Waals surface area contributed by atoms with E-state index >= 15 is 0 Å².